The van der Waals surface area contributed by atoms with Gasteiger partial charge >= 0.3 is 0 Å². The highest BCUT2D eigenvalue weighted by Gasteiger charge is 2.21. The Morgan fingerprint density at radius 3 is 2.68 bits per heavy atom. The van der Waals surface area contributed by atoms with E-state index in [-0.39, 0.29) is 11.9 Å². The Hall–Kier alpha value is -1.39. The summed E-state index contributed by atoms with van der Waals surface area (Å²) in [6, 6.07) is 8.13. The monoisotopic (exact) mass is 262 g/mol. The van der Waals surface area contributed by atoms with Gasteiger partial charge in [0.1, 0.15) is 0 Å². The van der Waals surface area contributed by atoms with Gasteiger partial charge in [-0.1, -0.05) is 18.2 Å². The first-order valence-electron chi connectivity index (χ1n) is 6.84. The maximum Gasteiger partial charge on any atom is 0.251 e. The zero-order valence-electron chi connectivity index (χ0n) is 11.4. The van der Waals surface area contributed by atoms with Crippen LogP contribution in [0.1, 0.15) is 41.6 Å². The maximum atomic E-state index is 12.3. The highest BCUT2D eigenvalue weighted by Crippen LogP contribution is 2.18. The highest BCUT2D eigenvalue weighted by molar-refractivity contribution is 5.95. The van der Waals surface area contributed by atoms with E-state index in [1.165, 1.54) is 0 Å². The van der Waals surface area contributed by atoms with Crippen LogP contribution < -0.4 is 11.1 Å². The van der Waals surface area contributed by atoms with Crippen LogP contribution in [0, 0.1) is 0 Å². The molecule has 104 valence electrons. The van der Waals surface area contributed by atoms with Gasteiger partial charge < -0.3 is 15.8 Å². The molecule has 0 atom stereocenters. The van der Waals surface area contributed by atoms with E-state index in [4.69, 9.17) is 10.5 Å². The van der Waals surface area contributed by atoms with E-state index in [0.29, 0.717) is 18.2 Å². The molecule has 0 bridgehead atoms. The number of carbonyl (C=O) groups excluding carboxylic acids is 1. The molecule has 0 heterocycles. The Morgan fingerprint density at radius 2 is 2.00 bits per heavy atom. The number of amides is 1. The molecule has 4 nitrogen and oxygen atoms in total. The first kappa shape index (κ1) is 14.0. The molecule has 1 saturated carbocycles. The van der Waals surface area contributed by atoms with Crippen molar-refractivity contribution in [1.29, 1.82) is 0 Å². The van der Waals surface area contributed by atoms with Gasteiger partial charge in [-0.15, -0.1) is 0 Å². The summed E-state index contributed by atoms with van der Waals surface area (Å²) in [6.07, 6.45) is 3.92. The van der Waals surface area contributed by atoms with E-state index in [2.05, 4.69) is 5.32 Å². The van der Waals surface area contributed by atoms with Gasteiger partial charge in [0.25, 0.3) is 5.91 Å². The predicted molar refractivity (Wildman–Crippen MR) is 74.9 cm³/mol. The first-order chi connectivity index (χ1) is 9.20. The standard InChI is InChI=1S/C15H22N2O2/c1-19-10-11-4-2-3-5-14(11)15(18)17-13-8-6-12(16)7-9-13/h2-5,12-13H,6-10,16H2,1H3,(H,17,18). The third-order valence-electron chi connectivity index (χ3n) is 3.67. The summed E-state index contributed by atoms with van der Waals surface area (Å²) >= 11 is 0. The van der Waals surface area contributed by atoms with Crippen LogP contribution in [0.15, 0.2) is 24.3 Å². The average molecular weight is 262 g/mol. The lowest BCUT2D eigenvalue weighted by Crippen LogP contribution is -2.40. The molecule has 0 radical (unpaired) electrons. The largest absolute Gasteiger partial charge is 0.380 e. The van der Waals surface area contributed by atoms with Gasteiger partial charge in [0.15, 0.2) is 0 Å². The van der Waals surface area contributed by atoms with E-state index >= 15 is 0 Å². The fourth-order valence-electron chi connectivity index (χ4n) is 2.55. The van der Waals surface area contributed by atoms with E-state index in [1.54, 1.807) is 7.11 Å². The van der Waals surface area contributed by atoms with Gasteiger partial charge in [-0.05, 0) is 37.3 Å². The second-order valence-electron chi connectivity index (χ2n) is 5.18. The van der Waals surface area contributed by atoms with Gasteiger partial charge in [-0.3, -0.25) is 4.79 Å². The zero-order chi connectivity index (χ0) is 13.7. The normalized spacial score (nSPS) is 23.1. The Morgan fingerprint density at radius 1 is 1.32 bits per heavy atom. The predicted octanol–water partition coefficient (Wildman–Crippen LogP) is 1.83. The summed E-state index contributed by atoms with van der Waals surface area (Å²) in [5.74, 6) is -0.00637. The second kappa shape index (κ2) is 6.68. The number of benzene rings is 1. The molecular weight excluding hydrogens is 240 g/mol. The third-order valence-corrected chi connectivity index (χ3v) is 3.67. The number of hydrogen-bond acceptors (Lipinski definition) is 3. The molecule has 19 heavy (non-hydrogen) atoms. The van der Waals surface area contributed by atoms with Gasteiger partial charge in [-0.2, -0.15) is 0 Å². The summed E-state index contributed by atoms with van der Waals surface area (Å²) < 4.78 is 5.13. The Bertz CT molecular complexity index is 426. The lowest BCUT2D eigenvalue weighted by molar-refractivity contribution is 0.0921. The van der Waals surface area contributed by atoms with Crippen molar-refractivity contribution in [2.45, 2.75) is 44.4 Å². The van der Waals surface area contributed by atoms with Crippen molar-refractivity contribution in [1.82, 2.24) is 5.32 Å². The molecule has 1 aromatic rings. The van der Waals surface area contributed by atoms with Crippen molar-refractivity contribution < 1.29 is 9.53 Å². The van der Waals surface area contributed by atoms with Crippen molar-refractivity contribution in [3.05, 3.63) is 35.4 Å². The Kier molecular flexibility index (Phi) is 4.93. The molecule has 0 unspecified atom stereocenters. The summed E-state index contributed by atoms with van der Waals surface area (Å²) in [5, 5.41) is 3.10. The lowest BCUT2D eigenvalue weighted by Gasteiger charge is -2.27. The number of carbonyl (C=O) groups is 1. The Balaban J connectivity index is 1.99. The van der Waals surface area contributed by atoms with Crippen molar-refractivity contribution in [3.8, 4) is 0 Å². The van der Waals surface area contributed by atoms with E-state index in [0.717, 1.165) is 31.2 Å². The van der Waals surface area contributed by atoms with Gasteiger partial charge in [0.2, 0.25) is 0 Å². The summed E-state index contributed by atoms with van der Waals surface area (Å²) in [6.45, 7) is 0.457. The van der Waals surface area contributed by atoms with Gasteiger partial charge in [-0.25, -0.2) is 0 Å². The number of hydrogen-bond donors (Lipinski definition) is 2. The fourth-order valence-corrected chi connectivity index (χ4v) is 2.55. The quantitative estimate of drug-likeness (QED) is 0.870. The molecule has 0 aromatic heterocycles. The molecule has 2 rings (SSSR count). The van der Waals surface area contributed by atoms with Crippen LogP contribution in [0.5, 0.6) is 0 Å². The van der Waals surface area contributed by atoms with Crippen LogP contribution in [0.3, 0.4) is 0 Å². The molecule has 0 aliphatic heterocycles. The summed E-state index contributed by atoms with van der Waals surface area (Å²) in [7, 11) is 1.64. The number of rotatable bonds is 4. The minimum Gasteiger partial charge on any atom is -0.380 e. The molecule has 4 heteroatoms. The molecule has 3 N–H and O–H groups in total. The van der Waals surface area contributed by atoms with E-state index in [9.17, 15) is 4.79 Å². The Labute approximate surface area is 114 Å². The van der Waals surface area contributed by atoms with Crippen molar-refractivity contribution in [2.24, 2.45) is 5.73 Å². The second-order valence-corrected chi connectivity index (χ2v) is 5.18. The molecule has 1 fully saturated rings. The SMILES string of the molecule is COCc1ccccc1C(=O)NC1CCC(N)CC1. The molecule has 0 saturated heterocycles. The lowest BCUT2D eigenvalue weighted by atomic mass is 9.91. The summed E-state index contributed by atoms with van der Waals surface area (Å²) in [5.41, 5.74) is 7.51. The number of ether oxygens (including phenoxy) is 1. The molecular formula is C15H22N2O2. The van der Waals surface area contributed by atoms with Crippen LogP contribution in [0.25, 0.3) is 0 Å². The van der Waals surface area contributed by atoms with Crippen molar-refractivity contribution in [3.63, 3.8) is 0 Å². The maximum absolute atomic E-state index is 12.3. The van der Waals surface area contributed by atoms with E-state index in [1.807, 2.05) is 24.3 Å². The van der Waals surface area contributed by atoms with Gasteiger partial charge in [0, 0.05) is 24.8 Å². The highest BCUT2D eigenvalue weighted by atomic mass is 16.5. The fraction of sp³-hybridized carbons (Fsp3) is 0.533. The van der Waals surface area contributed by atoms with Crippen LogP contribution in [0.2, 0.25) is 0 Å². The third kappa shape index (κ3) is 3.78. The smallest absolute Gasteiger partial charge is 0.251 e. The minimum atomic E-state index is -0.00637. The summed E-state index contributed by atoms with van der Waals surface area (Å²) in [4.78, 5) is 12.3. The van der Waals surface area contributed by atoms with Crippen molar-refractivity contribution >= 4 is 5.91 Å². The molecule has 1 aromatic carbocycles. The molecule has 0 spiro atoms. The zero-order valence-corrected chi connectivity index (χ0v) is 11.4. The first-order valence-corrected chi connectivity index (χ1v) is 6.84. The average Bonchev–Trinajstić information content (AvgIpc) is 2.42. The molecule has 1 aliphatic carbocycles. The molecule has 1 amide bonds. The molecule has 1 aliphatic rings. The van der Waals surface area contributed by atoms with Crippen LogP contribution in [-0.4, -0.2) is 25.1 Å². The minimum absolute atomic E-state index is 0.00637. The van der Waals surface area contributed by atoms with E-state index < -0.39 is 0 Å². The van der Waals surface area contributed by atoms with Crippen LogP contribution in [0.4, 0.5) is 0 Å². The van der Waals surface area contributed by atoms with Crippen LogP contribution >= 0.6 is 0 Å². The van der Waals surface area contributed by atoms with Crippen molar-refractivity contribution in [2.75, 3.05) is 7.11 Å². The number of methoxy groups -OCH3 is 1. The van der Waals surface area contributed by atoms with Crippen LogP contribution in [-0.2, 0) is 11.3 Å². The van der Waals surface area contributed by atoms with Gasteiger partial charge in [0.05, 0.1) is 6.61 Å². The number of nitrogens with two attached hydrogens (primary N) is 1. The number of nitrogens with one attached hydrogen (secondary N) is 1. The topological polar surface area (TPSA) is 64.3 Å².